The average Bonchev–Trinajstić information content (AvgIpc) is 3.17. The summed E-state index contributed by atoms with van der Waals surface area (Å²) in [6.45, 7) is 5.04. The molecule has 1 aromatic carbocycles. The number of carbonyl (C=O) groups is 1. The number of amides is 2. The molecule has 138 valence electrons. The van der Waals surface area contributed by atoms with Gasteiger partial charge in [-0.3, -0.25) is 0 Å². The summed E-state index contributed by atoms with van der Waals surface area (Å²) in [6.07, 6.45) is 3.98. The minimum atomic E-state index is -0.271. The van der Waals surface area contributed by atoms with Crippen molar-refractivity contribution >= 4 is 35.0 Å². The monoisotopic (exact) mass is 374 g/mol. The second kappa shape index (κ2) is 8.71. The fourth-order valence-corrected chi connectivity index (χ4v) is 2.96. The molecule has 0 spiro atoms. The number of benzene rings is 1. The molecule has 0 bridgehead atoms. The van der Waals surface area contributed by atoms with E-state index in [4.69, 9.17) is 11.6 Å². The largest absolute Gasteiger partial charge is 0.368 e. The average molecular weight is 375 g/mol. The van der Waals surface area contributed by atoms with Crippen molar-refractivity contribution in [2.75, 3.05) is 41.7 Å². The van der Waals surface area contributed by atoms with E-state index in [1.54, 1.807) is 12.4 Å². The first kappa shape index (κ1) is 18.3. The van der Waals surface area contributed by atoms with Crippen LogP contribution >= 0.6 is 11.6 Å². The van der Waals surface area contributed by atoms with Crippen molar-refractivity contribution in [2.45, 2.75) is 19.8 Å². The molecule has 0 saturated carbocycles. The number of aryl methyl sites for hydroxylation is 1. The molecule has 1 aliphatic rings. The Morgan fingerprint density at radius 3 is 2.77 bits per heavy atom. The molecule has 1 aliphatic heterocycles. The van der Waals surface area contributed by atoms with Crippen molar-refractivity contribution in [1.29, 1.82) is 0 Å². The van der Waals surface area contributed by atoms with Gasteiger partial charge in [0.1, 0.15) is 18.0 Å². The second-order valence-electron chi connectivity index (χ2n) is 6.23. The number of anilines is 3. The first-order valence-electron chi connectivity index (χ1n) is 8.74. The molecule has 1 saturated heterocycles. The van der Waals surface area contributed by atoms with Crippen LogP contribution in [0.1, 0.15) is 18.4 Å². The SMILES string of the molecule is Cc1ccc(NC(=O)NCCNc2cc(N3CCCC3)ncn2)cc1Cl. The summed E-state index contributed by atoms with van der Waals surface area (Å²) in [5, 5.41) is 9.39. The Bertz CT molecular complexity index is 763. The van der Waals surface area contributed by atoms with Gasteiger partial charge in [-0.2, -0.15) is 0 Å². The van der Waals surface area contributed by atoms with Gasteiger partial charge in [0.05, 0.1) is 0 Å². The summed E-state index contributed by atoms with van der Waals surface area (Å²) in [7, 11) is 0. The first-order chi connectivity index (χ1) is 12.6. The lowest BCUT2D eigenvalue weighted by Gasteiger charge is -2.16. The van der Waals surface area contributed by atoms with Crippen LogP contribution in [-0.4, -0.2) is 42.2 Å². The van der Waals surface area contributed by atoms with E-state index in [0.29, 0.717) is 23.8 Å². The molecule has 2 heterocycles. The van der Waals surface area contributed by atoms with Gasteiger partial charge in [-0.25, -0.2) is 14.8 Å². The Hall–Kier alpha value is -2.54. The number of nitrogens with one attached hydrogen (secondary N) is 3. The van der Waals surface area contributed by atoms with E-state index in [-0.39, 0.29) is 6.03 Å². The lowest BCUT2D eigenvalue weighted by Crippen LogP contribution is -2.32. The normalized spacial score (nSPS) is 13.5. The third kappa shape index (κ3) is 4.98. The summed E-state index contributed by atoms with van der Waals surface area (Å²) in [5.41, 5.74) is 1.64. The van der Waals surface area contributed by atoms with Crippen molar-refractivity contribution in [2.24, 2.45) is 0 Å². The van der Waals surface area contributed by atoms with Crippen LogP contribution in [0.5, 0.6) is 0 Å². The van der Waals surface area contributed by atoms with Gasteiger partial charge in [-0.1, -0.05) is 17.7 Å². The number of rotatable bonds is 6. The molecule has 0 atom stereocenters. The molecule has 2 aromatic rings. The summed E-state index contributed by atoms with van der Waals surface area (Å²) >= 11 is 6.05. The molecular formula is C18H23ClN6O. The highest BCUT2D eigenvalue weighted by atomic mass is 35.5. The second-order valence-corrected chi connectivity index (χ2v) is 6.63. The minimum absolute atomic E-state index is 0.271. The van der Waals surface area contributed by atoms with Gasteiger partial charge >= 0.3 is 6.03 Å². The van der Waals surface area contributed by atoms with Crippen molar-refractivity contribution in [3.63, 3.8) is 0 Å². The van der Waals surface area contributed by atoms with Crippen LogP contribution in [0.3, 0.4) is 0 Å². The van der Waals surface area contributed by atoms with Gasteiger partial charge in [-0.15, -0.1) is 0 Å². The summed E-state index contributed by atoms with van der Waals surface area (Å²) in [5.74, 6) is 1.70. The fourth-order valence-electron chi connectivity index (χ4n) is 2.78. The molecule has 0 aliphatic carbocycles. The lowest BCUT2D eigenvalue weighted by molar-refractivity contribution is 0.252. The molecule has 26 heavy (non-hydrogen) atoms. The lowest BCUT2D eigenvalue weighted by atomic mass is 10.2. The Labute approximate surface area is 158 Å². The van der Waals surface area contributed by atoms with Crippen LogP contribution in [-0.2, 0) is 0 Å². The highest BCUT2D eigenvalue weighted by Gasteiger charge is 2.13. The zero-order valence-electron chi connectivity index (χ0n) is 14.8. The van der Waals surface area contributed by atoms with Crippen LogP contribution in [0.25, 0.3) is 0 Å². The standard InChI is InChI=1S/C18H23ClN6O/c1-13-4-5-14(10-15(13)19)24-18(26)21-7-6-20-16-11-17(23-12-22-16)25-8-2-3-9-25/h4-5,10-12H,2-3,6-9H2,1H3,(H,20,22,23)(H2,21,24,26). The van der Waals surface area contributed by atoms with Crippen LogP contribution < -0.4 is 20.9 Å². The molecule has 2 amide bonds. The van der Waals surface area contributed by atoms with Crippen molar-refractivity contribution in [3.05, 3.63) is 41.2 Å². The highest BCUT2D eigenvalue weighted by molar-refractivity contribution is 6.31. The van der Waals surface area contributed by atoms with Gasteiger partial charge in [0.25, 0.3) is 0 Å². The predicted octanol–water partition coefficient (Wildman–Crippen LogP) is 3.27. The maximum absolute atomic E-state index is 11.9. The molecule has 3 rings (SSSR count). The number of carbonyl (C=O) groups excluding carboxylic acids is 1. The van der Waals surface area contributed by atoms with Gasteiger partial charge in [0, 0.05) is 43.0 Å². The van der Waals surface area contributed by atoms with Crippen molar-refractivity contribution in [1.82, 2.24) is 15.3 Å². The Morgan fingerprint density at radius 2 is 2.00 bits per heavy atom. The number of urea groups is 1. The molecule has 7 nitrogen and oxygen atoms in total. The Balaban J connectivity index is 1.41. The maximum atomic E-state index is 11.9. The van der Waals surface area contributed by atoms with Crippen molar-refractivity contribution < 1.29 is 4.79 Å². The van der Waals surface area contributed by atoms with E-state index in [2.05, 4.69) is 30.8 Å². The first-order valence-corrected chi connectivity index (χ1v) is 9.11. The number of aromatic nitrogens is 2. The molecule has 0 unspecified atom stereocenters. The van der Waals surface area contributed by atoms with Gasteiger partial charge < -0.3 is 20.9 Å². The number of hydrogen-bond acceptors (Lipinski definition) is 5. The maximum Gasteiger partial charge on any atom is 0.319 e. The third-order valence-electron chi connectivity index (χ3n) is 4.23. The van der Waals surface area contributed by atoms with E-state index in [1.807, 2.05) is 25.1 Å². The van der Waals surface area contributed by atoms with Crippen molar-refractivity contribution in [3.8, 4) is 0 Å². The minimum Gasteiger partial charge on any atom is -0.368 e. The van der Waals surface area contributed by atoms with Crippen LogP contribution in [0.2, 0.25) is 5.02 Å². The van der Waals surface area contributed by atoms with Crippen LogP contribution in [0.4, 0.5) is 22.1 Å². The zero-order chi connectivity index (χ0) is 18.4. The summed E-state index contributed by atoms with van der Waals surface area (Å²) in [4.78, 5) is 22.7. The number of nitrogens with zero attached hydrogens (tertiary/aromatic N) is 3. The van der Waals surface area contributed by atoms with Crippen LogP contribution in [0.15, 0.2) is 30.6 Å². The van der Waals surface area contributed by atoms with E-state index in [9.17, 15) is 4.79 Å². The molecule has 1 fully saturated rings. The topological polar surface area (TPSA) is 82.2 Å². The summed E-state index contributed by atoms with van der Waals surface area (Å²) < 4.78 is 0. The molecular weight excluding hydrogens is 352 g/mol. The molecule has 1 aromatic heterocycles. The Morgan fingerprint density at radius 1 is 1.19 bits per heavy atom. The van der Waals surface area contributed by atoms with Gasteiger partial charge in [0.15, 0.2) is 0 Å². The van der Waals surface area contributed by atoms with E-state index >= 15 is 0 Å². The number of halogens is 1. The fraction of sp³-hybridized carbons (Fsp3) is 0.389. The van der Waals surface area contributed by atoms with Gasteiger partial charge in [0.2, 0.25) is 0 Å². The quantitative estimate of drug-likeness (QED) is 0.676. The van der Waals surface area contributed by atoms with Crippen LogP contribution in [0, 0.1) is 6.92 Å². The summed E-state index contributed by atoms with van der Waals surface area (Å²) in [6, 6.07) is 7.09. The van der Waals surface area contributed by atoms with E-state index in [0.717, 1.165) is 30.3 Å². The predicted molar refractivity (Wildman–Crippen MR) is 105 cm³/mol. The third-order valence-corrected chi connectivity index (χ3v) is 4.64. The molecule has 3 N–H and O–H groups in total. The Kier molecular flexibility index (Phi) is 6.12. The molecule has 0 radical (unpaired) electrons. The molecule has 8 heteroatoms. The van der Waals surface area contributed by atoms with E-state index < -0.39 is 0 Å². The zero-order valence-corrected chi connectivity index (χ0v) is 15.5. The smallest absolute Gasteiger partial charge is 0.319 e. The van der Waals surface area contributed by atoms with E-state index in [1.165, 1.54) is 12.8 Å². The number of hydrogen-bond donors (Lipinski definition) is 3. The highest BCUT2D eigenvalue weighted by Crippen LogP contribution is 2.20. The van der Waals surface area contributed by atoms with Gasteiger partial charge in [-0.05, 0) is 37.5 Å².